The fraction of sp³-hybridized carbons (Fsp3) is 0.952. The van der Waals surface area contributed by atoms with Crippen molar-refractivity contribution in [1.29, 1.82) is 0 Å². The SMILES string of the molecule is CCCCCCCCCCCCCCCCCCCCC(=O)OC[C@H](COP(=O)(O)OC[C@@H](O)COP(=O)(O)OC[C@@H](COC(=O)CCCCCCCCCCCC(C)C)OC(=O)CCCCCCCCCCCCCC(C)C)OC(=O)CCCCCCCCCCCCCCCCC(C)CC. The van der Waals surface area contributed by atoms with Crippen molar-refractivity contribution >= 4 is 39.5 Å². The number of phosphoric ester groups is 2. The third kappa shape index (κ3) is 74.9. The van der Waals surface area contributed by atoms with Gasteiger partial charge in [-0.3, -0.25) is 37.3 Å². The van der Waals surface area contributed by atoms with E-state index >= 15 is 0 Å². The van der Waals surface area contributed by atoms with Crippen molar-refractivity contribution in [3.05, 3.63) is 0 Å². The van der Waals surface area contributed by atoms with Gasteiger partial charge in [0.2, 0.25) is 0 Å². The molecule has 606 valence electrons. The Kier molecular flexibility index (Phi) is 71.8. The molecule has 0 aromatic heterocycles. The van der Waals surface area contributed by atoms with Crippen LogP contribution >= 0.6 is 15.6 Å². The summed E-state index contributed by atoms with van der Waals surface area (Å²) in [6.07, 6.45) is 62.3. The van der Waals surface area contributed by atoms with Crippen LogP contribution in [0.4, 0.5) is 0 Å². The molecule has 0 saturated heterocycles. The first-order valence-corrected chi connectivity index (χ1v) is 45.9. The van der Waals surface area contributed by atoms with Crippen molar-refractivity contribution in [3.63, 3.8) is 0 Å². The van der Waals surface area contributed by atoms with Crippen molar-refractivity contribution in [2.75, 3.05) is 39.6 Å². The van der Waals surface area contributed by atoms with Gasteiger partial charge in [-0.15, -0.1) is 0 Å². The second-order valence-corrected chi connectivity index (χ2v) is 34.0. The first-order valence-electron chi connectivity index (χ1n) is 42.9. The molecular formula is C83H162O17P2. The van der Waals surface area contributed by atoms with Crippen LogP contribution in [0.15, 0.2) is 0 Å². The fourth-order valence-electron chi connectivity index (χ4n) is 12.8. The van der Waals surface area contributed by atoms with Crippen LogP contribution in [0.3, 0.4) is 0 Å². The van der Waals surface area contributed by atoms with Gasteiger partial charge in [-0.05, 0) is 43.4 Å². The van der Waals surface area contributed by atoms with E-state index in [1.54, 1.807) is 0 Å². The second-order valence-electron chi connectivity index (χ2n) is 31.1. The average Bonchev–Trinajstić information content (AvgIpc) is 0.912. The van der Waals surface area contributed by atoms with Crippen LogP contribution in [0.5, 0.6) is 0 Å². The van der Waals surface area contributed by atoms with Gasteiger partial charge in [0.25, 0.3) is 0 Å². The highest BCUT2D eigenvalue weighted by Crippen LogP contribution is 2.45. The minimum atomic E-state index is -4.96. The highest BCUT2D eigenvalue weighted by atomic mass is 31.2. The molecule has 0 rings (SSSR count). The smallest absolute Gasteiger partial charge is 0.462 e. The second kappa shape index (κ2) is 73.2. The Morgan fingerprint density at radius 1 is 0.284 bits per heavy atom. The molecule has 19 heteroatoms. The summed E-state index contributed by atoms with van der Waals surface area (Å²) in [7, 11) is -9.93. The van der Waals surface area contributed by atoms with Crippen LogP contribution < -0.4 is 0 Å². The van der Waals surface area contributed by atoms with E-state index < -0.39 is 97.5 Å². The molecule has 0 spiro atoms. The molecule has 0 aliphatic carbocycles. The van der Waals surface area contributed by atoms with Gasteiger partial charge in [-0.25, -0.2) is 9.13 Å². The number of ether oxygens (including phenoxy) is 4. The van der Waals surface area contributed by atoms with Crippen LogP contribution in [0.1, 0.15) is 434 Å². The van der Waals surface area contributed by atoms with E-state index in [-0.39, 0.29) is 25.7 Å². The first-order chi connectivity index (χ1) is 49.3. The third-order valence-electron chi connectivity index (χ3n) is 19.7. The number of rotatable bonds is 81. The molecule has 0 amide bonds. The molecule has 6 atom stereocenters. The Labute approximate surface area is 626 Å². The normalized spacial score (nSPS) is 14.2. The summed E-state index contributed by atoms with van der Waals surface area (Å²) in [5.74, 6) is 0.247. The number of carbonyl (C=O) groups is 4. The van der Waals surface area contributed by atoms with Gasteiger partial charge >= 0.3 is 39.5 Å². The highest BCUT2D eigenvalue weighted by Gasteiger charge is 2.30. The van der Waals surface area contributed by atoms with E-state index in [1.807, 2.05) is 0 Å². The average molecular weight is 1490 g/mol. The minimum absolute atomic E-state index is 0.106. The lowest BCUT2D eigenvalue weighted by atomic mass is 9.99. The standard InChI is InChI=1S/C83H162O17P2/c1-8-10-11-12-13-14-15-16-17-18-19-20-24-29-36-43-50-57-64-80(85)93-70-78(99-82(87)66-59-52-45-37-30-25-22-21-23-28-35-42-49-56-63-76(7)9-2)72-97-101(89,90)95-68-77(84)69-96-102(91,92)98-73-79(71-94-81(86)65-58-51-44-39-32-34-41-48-55-62-75(5)6)100-83(88)67-60-53-46-38-31-26-27-33-40-47-54-61-74(3)4/h74-79,84H,8-73H2,1-7H3,(H,89,90)(H,91,92)/t76?,77-,78-,79-/m1/s1. The van der Waals surface area contributed by atoms with Crippen LogP contribution in [-0.2, 0) is 65.4 Å². The summed E-state index contributed by atoms with van der Waals surface area (Å²) in [5.41, 5.74) is 0. The molecule has 0 saturated carbocycles. The molecular weight excluding hydrogens is 1330 g/mol. The quantitative estimate of drug-likeness (QED) is 0.0222. The van der Waals surface area contributed by atoms with E-state index in [4.69, 9.17) is 37.0 Å². The molecule has 3 N–H and O–H groups in total. The lowest BCUT2D eigenvalue weighted by molar-refractivity contribution is -0.161. The Hall–Kier alpha value is -1.94. The molecule has 0 bridgehead atoms. The zero-order valence-electron chi connectivity index (χ0n) is 67.1. The molecule has 0 heterocycles. The Morgan fingerprint density at radius 2 is 0.500 bits per heavy atom. The summed E-state index contributed by atoms with van der Waals surface area (Å²) < 4.78 is 68.8. The summed E-state index contributed by atoms with van der Waals surface area (Å²) >= 11 is 0. The van der Waals surface area contributed by atoms with Crippen LogP contribution in [-0.4, -0.2) is 96.7 Å². The van der Waals surface area contributed by atoms with Gasteiger partial charge in [0, 0.05) is 25.7 Å². The zero-order chi connectivity index (χ0) is 75.1. The van der Waals surface area contributed by atoms with Gasteiger partial charge in [0.1, 0.15) is 19.3 Å². The first kappa shape index (κ1) is 100. The maximum atomic E-state index is 13.1. The summed E-state index contributed by atoms with van der Waals surface area (Å²) in [4.78, 5) is 73.1. The number of phosphoric acid groups is 2. The largest absolute Gasteiger partial charge is 0.472 e. The molecule has 0 aliphatic rings. The maximum absolute atomic E-state index is 13.1. The lowest BCUT2D eigenvalue weighted by Gasteiger charge is -2.21. The predicted molar refractivity (Wildman–Crippen MR) is 418 cm³/mol. The topological polar surface area (TPSA) is 237 Å². The number of aliphatic hydroxyl groups excluding tert-OH is 1. The molecule has 0 fully saturated rings. The molecule has 0 radical (unpaired) electrons. The van der Waals surface area contributed by atoms with E-state index in [1.165, 1.54) is 244 Å². The van der Waals surface area contributed by atoms with Crippen LogP contribution in [0.2, 0.25) is 0 Å². The molecule has 0 aromatic rings. The van der Waals surface area contributed by atoms with Crippen molar-refractivity contribution in [3.8, 4) is 0 Å². The van der Waals surface area contributed by atoms with Gasteiger partial charge in [-0.1, -0.05) is 382 Å². The van der Waals surface area contributed by atoms with Crippen molar-refractivity contribution in [2.24, 2.45) is 17.8 Å². The Balaban J connectivity index is 5.26. The number of aliphatic hydroxyl groups is 1. The predicted octanol–water partition coefficient (Wildman–Crippen LogP) is 24.9. The van der Waals surface area contributed by atoms with E-state index in [0.29, 0.717) is 25.7 Å². The monoisotopic (exact) mass is 1490 g/mol. The maximum Gasteiger partial charge on any atom is 0.472 e. The van der Waals surface area contributed by atoms with Crippen LogP contribution in [0.25, 0.3) is 0 Å². The summed E-state index contributed by atoms with van der Waals surface area (Å²) in [5, 5.41) is 10.7. The van der Waals surface area contributed by atoms with Gasteiger partial charge < -0.3 is 33.8 Å². The third-order valence-corrected chi connectivity index (χ3v) is 21.6. The molecule has 17 nitrogen and oxygen atoms in total. The van der Waals surface area contributed by atoms with Gasteiger partial charge in [0.05, 0.1) is 26.4 Å². The Bertz CT molecular complexity index is 1980. The van der Waals surface area contributed by atoms with E-state index in [0.717, 1.165) is 108 Å². The Morgan fingerprint density at radius 3 is 0.745 bits per heavy atom. The van der Waals surface area contributed by atoms with E-state index in [9.17, 15) is 43.2 Å². The molecule has 3 unspecified atom stereocenters. The number of hydrogen-bond donors (Lipinski definition) is 3. The van der Waals surface area contributed by atoms with E-state index in [2.05, 4.69) is 48.5 Å². The van der Waals surface area contributed by atoms with Crippen molar-refractivity contribution in [1.82, 2.24) is 0 Å². The van der Waals surface area contributed by atoms with Crippen molar-refractivity contribution in [2.45, 2.75) is 452 Å². The number of unbranched alkanes of at least 4 members (excludes halogenated alkanes) is 48. The molecule has 0 aliphatic heterocycles. The number of hydrogen-bond acceptors (Lipinski definition) is 15. The minimum Gasteiger partial charge on any atom is -0.462 e. The summed E-state index contributed by atoms with van der Waals surface area (Å²) in [6, 6.07) is 0. The number of carbonyl (C=O) groups excluding carboxylic acids is 4. The molecule has 0 aromatic carbocycles. The fourth-order valence-corrected chi connectivity index (χ4v) is 14.4. The number of esters is 4. The van der Waals surface area contributed by atoms with Gasteiger partial charge in [-0.2, -0.15) is 0 Å². The highest BCUT2D eigenvalue weighted by molar-refractivity contribution is 7.47. The summed E-state index contributed by atoms with van der Waals surface area (Å²) in [6.45, 7) is 12.0. The molecule has 102 heavy (non-hydrogen) atoms. The van der Waals surface area contributed by atoms with Crippen molar-refractivity contribution < 1.29 is 80.2 Å². The van der Waals surface area contributed by atoms with Crippen LogP contribution in [0, 0.1) is 17.8 Å². The zero-order valence-corrected chi connectivity index (χ0v) is 68.9. The van der Waals surface area contributed by atoms with Gasteiger partial charge in [0.15, 0.2) is 12.2 Å². The lowest BCUT2D eigenvalue weighted by Crippen LogP contribution is -2.30.